The number of anilines is 1. The summed E-state index contributed by atoms with van der Waals surface area (Å²) in [5.74, 6) is -0.402. The number of carbonyl (C=O) groups excluding carboxylic acids is 3. The summed E-state index contributed by atoms with van der Waals surface area (Å²) in [5.41, 5.74) is 0.703. The second-order valence-electron chi connectivity index (χ2n) is 3.88. The molecule has 0 aliphatic carbocycles. The van der Waals surface area contributed by atoms with Gasteiger partial charge < -0.3 is 16.0 Å². The van der Waals surface area contributed by atoms with E-state index in [1.807, 2.05) is 0 Å². The fourth-order valence-corrected chi connectivity index (χ4v) is 1.24. The zero-order chi connectivity index (χ0) is 15.0. The predicted octanol–water partition coefficient (Wildman–Crippen LogP) is -0.0846. The SMILES string of the molecule is CNC(=O)CNC(=O)/C=C/c1ccc(NC(C)=O)nc1. The molecule has 0 bridgehead atoms. The molecule has 0 aliphatic rings. The van der Waals surface area contributed by atoms with Gasteiger partial charge in [-0.25, -0.2) is 4.98 Å². The van der Waals surface area contributed by atoms with Gasteiger partial charge in [-0.3, -0.25) is 14.4 Å². The molecular weight excluding hydrogens is 260 g/mol. The van der Waals surface area contributed by atoms with Crippen LogP contribution in [0, 0.1) is 0 Å². The van der Waals surface area contributed by atoms with Crippen LogP contribution < -0.4 is 16.0 Å². The summed E-state index contributed by atoms with van der Waals surface area (Å²) in [6.45, 7) is 1.33. The van der Waals surface area contributed by atoms with Crippen molar-refractivity contribution in [3.05, 3.63) is 30.0 Å². The van der Waals surface area contributed by atoms with E-state index in [-0.39, 0.29) is 24.3 Å². The van der Waals surface area contributed by atoms with Crippen molar-refractivity contribution < 1.29 is 14.4 Å². The number of hydrogen-bond donors (Lipinski definition) is 3. The van der Waals surface area contributed by atoms with Crippen molar-refractivity contribution in [3.63, 3.8) is 0 Å². The Morgan fingerprint density at radius 2 is 2.05 bits per heavy atom. The van der Waals surface area contributed by atoms with Crippen molar-refractivity contribution in [2.75, 3.05) is 18.9 Å². The van der Waals surface area contributed by atoms with Crippen molar-refractivity contribution in [2.24, 2.45) is 0 Å². The Labute approximate surface area is 116 Å². The van der Waals surface area contributed by atoms with E-state index in [0.717, 1.165) is 0 Å². The maximum absolute atomic E-state index is 11.4. The van der Waals surface area contributed by atoms with Gasteiger partial charge in [0.1, 0.15) is 5.82 Å². The molecule has 0 atom stereocenters. The summed E-state index contributed by atoms with van der Waals surface area (Å²) in [7, 11) is 1.49. The molecule has 1 aromatic rings. The third-order valence-corrected chi connectivity index (χ3v) is 2.22. The van der Waals surface area contributed by atoms with Gasteiger partial charge in [-0.2, -0.15) is 0 Å². The molecule has 0 saturated heterocycles. The topological polar surface area (TPSA) is 100 Å². The number of likely N-dealkylation sites (N-methyl/N-ethyl adjacent to an activating group) is 1. The third kappa shape index (κ3) is 5.76. The molecule has 20 heavy (non-hydrogen) atoms. The monoisotopic (exact) mass is 276 g/mol. The first-order valence-electron chi connectivity index (χ1n) is 5.91. The summed E-state index contributed by atoms with van der Waals surface area (Å²) < 4.78 is 0. The summed E-state index contributed by atoms with van der Waals surface area (Å²) in [5, 5.41) is 7.36. The summed E-state index contributed by atoms with van der Waals surface area (Å²) in [6.07, 6.45) is 4.38. The summed E-state index contributed by atoms with van der Waals surface area (Å²) >= 11 is 0. The lowest BCUT2D eigenvalue weighted by molar-refractivity contribution is -0.123. The first-order valence-corrected chi connectivity index (χ1v) is 5.91. The molecule has 0 saturated carbocycles. The number of hydrogen-bond acceptors (Lipinski definition) is 4. The third-order valence-electron chi connectivity index (χ3n) is 2.22. The molecule has 0 fully saturated rings. The molecule has 106 valence electrons. The number of amides is 3. The first kappa shape index (κ1) is 15.4. The van der Waals surface area contributed by atoms with Crippen LogP contribution in [-0.2, 0) is 14.4 Å². The highest BCUT2D eigenvalue weighted by atomic mass is 16.2. The second kappa shape index (κ2) is 7.67. The Morgan fingerprint density at radius 3 is 2.60 bits per heavy atom. The van der Waals surface area contributed by atoms with Crippen LogP contribution in [0.3, 0.4) is 0 Å². The lowest BCUT2D eigenvalue weighted by atomic mass is 10.2. The number of pyridine rings is 1. The molecule has 1 aromatic heterocycles. The zero-order valence-electron chi connectivity index (χ0n) is 11.3. The molecule has 3 N–H and O–H groups in total. The number of nitrogens with zero attached hydrogens (tertiary/aromatic N) is 1. The van der Waals surface area contributed by atoms with E-state index >= 15 is 0 Å². The van der Waals surface area contributed by atoms with Gasteiger partial charge in [-0.1, -0.05) is 0 Å². The maximum atomic E-state index is 11.4. The molecule has 3 amide bonds. The number of rotatable bonds is 5. The standard InChI is InChI=1S/C13H16N4O3/c1-9(18)17-11-5-3-10(7-15-11)4-6-12(19)16-8-13(20)14-2/h3-7H,8H2,1-2H3,(H,14,20)(H,16,19)(H,15,17,18)/b6-4+. The average Bonchev–Trinajstić information content (AvgIpc) is 2.43. The molecule has 0 aliphatic heterocycles. The fraction of sp³-hybridized carbons (Fsp3) is 0.231. The minimum absolute atomic E-state index is 0.0700. The van der Waals surface area contributed by atoms with Gasteiger partial charge in [-0.05, 0) is 23.8 Å². The molecule has 0 aromatic carbocycles. The second-order valence-corrected chi connectivity index (χ2v) is 3.88. The highest BCUT2D eigenvalue weighted by molar-refractivity contribution is 5.94. The van der Waals surface area contributed by atoms with Gasteiger partial charge in [0.15, 0.2) is 0 Å². The molecular formula is C13H16N4O3. The highest BCUT2D eigenvalue weighted by Gasteiger charge is 2.00. The molecule has 0 spiro atoms. The largest absolute Gasteiger partial charge is 0.358 e. The summed E-state index contributed by atoms with van der Waals surface area (Å²) in [4.78, 5) is 37.1. The van der Waals surface area contributed by atoms with Crippen LogP contribution >= 0.6 is 0 Å². The number of aromatic nitrogens is 1. The molecule has 1 heterocycles. The lowest BCUT2D eigenvalue weighted by Crippen LogP contribution is -2.34. The van der Waals surface area contributed by atoms with Crippen LogP contribution in [0.2, 0.25) is 0 Å². The van der Waals surface area contributed by atoms with Crippen molar-refractivity contribution >= 4 is 29.6 Å². The van der Waals surface area contributed by atoms with Crippen LogP contribution in [0.5, 0.6) is 0 Å². The Hall–Kier alpha value is -2.70. The Kier molecular flexibility index (Phi) is 5.89. The molecule has 7 nitrogen and oxygen atoms in total. The molecule has 0 unspecified atom stereocenters. The highest BCUT2D eigenvalue weighted by Crippen LogP contribution is 2.06. The van der Waals surface area contributed by atoms with E-state index in [2.05, 4.69) is 20.9 Å². The smallest absolute Gasteiger partial charge is 0.244 e. The van der Waals surface area contributed by atoms with Gasteiger partial charge in [0.25, 0.3) is 0 Å². The van der Waals surface area contributed by atoms with Gasteiger partial charge in [0.05, 0.1) is 6.54 Å². The van der Waals surface area contributed by atoms with E-state index in [0.29, 0.717) is 11.4 Å². The van der Waals surface area contributed by atoms with E-state index in [1.54, 1.807) is 18.2 Å². The van der Waals surface area contributed by atoms with Crippen molar-refractivity contribution in [1.29, 1.82) is 0 Å². The van der Waals surface area contributed by atoms with Crippen LogP contribution in [0.15, 0.2) is 24.4 Å². The Bertz CT molecular complexity index is 523. The van der Waals surface area contributed by atoms with Crippen molar-refractivity contribution in [3.8, 4) is 0 Å². The summed E-state index contributed by atoms with van der Waals surface area (Å²) in [6, 6.07) is 3.34. The van der Waals surface area contributed by atoms with Gasteiger partial charge >= 0.3 is 0 Å². The van der Waals surface area contributed by atoms with Crippen LogP contribution in [0.1, 0.15) is 12.5 Å². The minimum Gasteiger partial charge on any atom is -0.358 e. The Morgan fingerprint density at radius 1 is 1.30 bits per heavy atom. The van der Waals surface area contributed by atoms with Gasteiger partial charge in [0.2, 0.25) is 17.7 Å². The quantitative estimate of drug-likeness (QED) is 0.655. The van der Waals surface area contributed by atoms with Crippen molar-refractivity contribution in [2.45, 2.75) is 6.92 Å². The van der Waals surface area contributed by atoms with E-state index in [4.69, 9.17) is 0 Å². The van der Waals surface area contributed by atoms with E-state index < -0.39 is 0 Å². The van der Waals surface area contributed by atoms with Crippen LogP contribution in [-0.4, -0.2) is 36.3 Å². The number of carbonyl (C=O) groups is 3. The maximum Gasteiger partial charge on any atom is 0.244 e. The van der Waals surface area contributed by atoms with Gasteiger partial charge in [0, 0.05) is 26.2 Å². The predicted molar refractivity (Wildman–Crippen MR) is 74.7 cm³/mol. The fourth-order valence-electron chi connectivity index (χ4n) is 1.24. The normalized spacial score (nSPS) is 10.1. The first-order chi connectivity index (χ1) is 9.51. The molecule has 7 heteroatoms. The Balaban J connectivity index is 2.51. The van der Waals surface area contributed by atoms with Crippen LogP contribution in [0.4, 0.5) is 5.82 Å². The zero-order valence-corrected chi connectivity index (χ0v) is 11.3. The van der Waals surface area contributed by atoms with E-state index in [1.165, 1.54) is 26.2 Å². The lowest BCUT2D eigenvalue weighted by Gasteiger charge is -2.01. The van der Waals surface area contributed by atoms with E-state index in [9.17, 15) is 14.4 Å². The average molecular weight is 276 g/mol. The van der Waals surface area contributed by atoms with Gasteiger partial charge in [-0.15, -0.1) is 0 Å². The minimum atomic E-state index is -0.375. The molecule has 1 rings (SSSR count). The molecule has 0 radical (unpaired) electrons. The number of nitrogens with one attached hydrogen (secondary N) is 3. The van der Waals surface area contributed by atoms with Crippen LogP contribution in [0.25, 0.3) is 6.08 Å². The van der Waals surface area contributed by atoms with Crippen molar-refractivity contribution in [1.82, 2.24) is 15.6 Å².